The zero-order valence-corrected chi connectivity index (χ0v) is 20.9. The number of hydrogen-bond acceptors (Lipinski definition) is 2. The molecule has 0 atom stereocenters. The van der Waals surface area contributed by atoms with Crippen LogP contribution in [0.4, 0.5) is 0 Å². The third-order valence-corrected chi connectivity index (χ3v) is 5.00. The zero-order chi connectivity index (χ0) is 22.2. The van der Waals surface area contributed by atoms with Gasteiger partial charge in [-0.3, -0.25) is 0 Å². The fourth-order valence-corrected chi connectivity index (χ4v) is 3.32. The van der Waals surface area contributed by atoms with Crippen molar-refractivity contribution in [1.29, 1.82) is 0 Å². The normalized spacial score (nSPS) is 9.88. The molecule has 0 saturated heterocycles. The molecular formula is C30H23IrN2. The maximum Gasteiger partial charge on any atom is 3.00 e. The number of rotatable bonds is 3. The van der Waals surface area contributed by atoms with Crippen molar-refractivity contribution in [2.75, 3.05) is 0 Å². The van der Waals surface area contributed by atoms with E-state index in [1.807, 2.05) is 97.9 Å². The van der Waals surface area contributed by atoms with Gasteiger partial charge in [0.05, 0.1) is 0 Å². The molecule has 5 aromatic rings. The molecule has 3 heteroatoms. The minimum atomic E-state index is 0. The molecule has 3 aromatic carbocycles. The van der Waals surface area contributed by atoms with E-state index in [0.29, 0.717) is 0 Å². The van der Waals surface area contributed by atoms with Gasteiger partial charge in [0.25, 0.3) is 0 Å². The van der Waals surface area contributed by atoms with Crippen LogP contribution in [0.15, 0.2) is 103 Å². The van der Waals surface area contributed by atoms with E-state index in [2.05, 4.69) is 47.4 Å². The van der Waals surface area contributed by atoms with E-state index < -0.39 is 0 Å². The summed E-state index contributed by atoms with van der Waals surface area (Å²) >= 11 is 0. The van der Waals surface area contributed by atoms with Gasteiger partial charge in [-0.25, -0.2) is 11.1 Å². The Bertz CT molecular complexity index is 1270. The second-order valence-corrected chi connectivity index (χ2v) is 7.39. The molecule has 0 unspecified atom stereocenters. The van der Waals surface area contributed by atoms with E-state index in [9.17, 15) is 0 Å². The molecule has 2 aromatic heterocycles. The molecular weight excluding hydrogens is 581 g/mol. The predicted molar refractivity (Wildman–Crippen MR) is 131 cm³/mol. The van der Waals surface area contributed by atoms with Crippen LogP contribution in [0.2, 0.25) is 0 Å². The van der Waals surface area contributed by atoms with E-state index in [1.165, 1.54) is 5.56 Å². The molecule has 0 aliphatic rings. The smallest absolute Gasteiger partial charge is 0.362 e. The quantitative estimate of drug-likeness (QED) is 0.204. The van der Waals surface area contributed by atoms with Crippen molar-refractivity contribution in [3.8, 4) is 33.6 Å². The molecule has 5 rings (SSSR count). The van der Waals surface area contributed by atoms with Crippen LogP contribution in [0.1, 0.15) is 11.3 Å². The minimum Gasteiger partial charge on any atom is -0.362 e. The minimum absolute atomic E-state index is 0. The van der Waals surface area contributed by atoms with Crippen LogP contribution in [0.3, 0.4) is 0 Å². The van der Waals surface area contributed by atoms with Crippen molar-refractivity contribution >= 4 is 0 Å². The van der Waals surface area contributed by atoms with Crippen molar-refractivity contribution in [2.24, 2.45) is 0 Å². The van der Waals surface area contributed by atoms with Gasteiger partial charge >= 0.3 is 20.1 Å². The average Bonchev–Trinajstić information content (AvgIpc) is 2.86. The number of benzene rings is 3. The summed E-state index contributed by atoms with van der Waals surface area (Å²) in [5.41, 5.74) is 8.40. The third-order valence-electron chi connectivity index (χ3n) is 5.00. The average molecular weight is 604 g/mol. The summed E-state index contributed by atoms with van der Waals surface area (Å²) < 4.78 is 0. The zero-order valence-electron chi connectivity index (χ0n) is 18.5. The van der Waals surface area contributed by atoms with Crippen molar-refractivity contribution in [3.63, 3.8) is 0 Å². The Morgan fingerprint density at radius 3 is 1.88 bits per heavy atom. The Balaban J connectivity index is 0.000000192. The first kappa shape index (κ1) is 24.3. The summed E-state index contributed by atoms with van der Waals surface area (Å²) in [5.74, 6) is 0. The molecule has 0 N–H and O–H groups in total. The SMILES string of the molecule is Cc1cccc(-c2[c-]cccc2)n1.Cc1ccccc1-c1ccc(-c2[c-]cccc2)[c-]n1.[Ir+3]. The van der Waals surface area contributed by atoms with Gasteiger partial charge in [0, 0.05) is 5.69 Å². The number of aryl methyl sites for hydroxylation is 2. The molecule has 2 nitrogen and oxygen atoms in total. The van der Waals surface area contributed by atoms with Gasteiger partial charge in [-0.2, -0.15) is 30.3 Å². The van der Waals surface area contributed by atoms with Gasteiger partial charge < -0.3 is 9.97 Å². The maximum atomic E-state index is 4.44. The summed E-state index contributed by atoms with van der Waals surface area (Å²) in [7, 11) is 0. The summed E-state index contributed by atoms with van der Waals surface area (Å²) in [4.78, 5) is 8.85. The molecule has 0 saturated carbocycles. The summed E-state index contributed by atoms with van der Waals surface area (Å²) in [6, 6.07) is 40.4. The molecule has 0 aliphatic carbocycles. The summed E-state index contributed by atoms with van der Waals surface area (Å²) in [6.45, 7) is 4.09. The molecule has 0 fully saturated rings. The second-order valence-electron chi connectivity index (χ2n) is 7.39. The Hall–Kier alpha value is -3.39. The number of nitrogens with zero attached hydrogens (tertiary/aromatic N) is 2. The molecule has 162 valence electrons. The standard InChI is InChI=1S/C18H13N.C12H10N.Ir/c1-14-7-5-6-10-17(14)18-12-11-16(13-19-18)15-8-3-2-4-9-15;1-10-6-5-9-12(13-10)11-7-3-2-4-8-11;/h2-8,10-12H,1H3;2-7,9H,1H3;/q-2;-1;+3. The molecule has 2 heterocycles. The fraction of sp³-hybridized carbons (Fsp3) is 0.0667. The molecule has 0 radical (unpaired) electrons. The van der Waals surface area contributed by atoms with E-state index in [4.69, 9.17) is 0 Å². The van der Waals surface area contributed by atoms with Crippen molar-refractivity contribution < 1.29 is 20.1 Å². The summed E-state index contributed by atoms with van der Waals surface area (Å²) in [6.07, 6.45) is 3.10. The number of hydrogen-bond donors (Lipinski definition) is 0. The van der Waals surface area contributed by atoms with Crippen molar-refractivity contribution in [2.45, 2.75) is 13.8 Å². The van der Waals surface area contributed by atoms with E-state index in [-0.39, 0.29) is 20.1 Å². The van der Waals surface area contributed by atoms with Gasteiger partial charge in [0.1, 0.15) is 0 Å². The molecule has 0 spiro atoms. The number of aromatic nitrogens is 2. The van der Waals surface area contributed by atoms with Gasteiger partial charge in [0.15, 0.2) is 0 Å². The first-order chi connectivity index (χ1) is 15.7. The van der Waals surface area contributed by atoms with E-state index in [0.717, 1.165) is 39.3 Å². The Labute approximate surface area is 209 Å². The second kappa shape index (κ2) is 12.0. The summed E-state index contributed by atoms with van der Waals surface area (Å²) in [5, 5.41) is 0. The predicted octanol–water partition coefficient (Wildman–Crippen LogP) is 7.18. The Morgan fingerprint density at radius 1 is 0.576 bits per heavy atom. The van der Waals surface area contributed by atoms with Crippen LogP contribution in [-0.4, -0.2) is 9.97 Å². The van der Waals surface area contributed by atoms with E-state index >= 15 is 0 Å². The molecule has 33 heavy (non-hydrogen) atoms. The first-order valence-corrected chi connectivity index (χ1v) is 10.5. The number of pyridine rings is 2. The molecule has 0 aliphatic heterocycles. The third kappa shape index (κ3) is 6.55. The fourth-order valence-electron chi connectivity index (χ4n) is 3.32. The van der Waals surface area contributed by atoms with Crippen LogP contribution >= 0.6 is 0 Å². The van der Waals surface area contributed by atoms with Crippen LogP contribution in [0.25, 0.3) is 33.6 Å². The Kier molecular flexibility index (Phi) is 8.83. The van der Waals surface area contributed by atoms with Crippen molar-refractivity contribution in [3.05, 3.63) is 133 Å². The monoisotopic (exact) mass is 604 g/mol. The Morgan fingerprint density at radius 2 is 1.27 bits per heavy atom. The van der Waals surface area contributed by atoms with Gasteiger partial charge in [-0.15, -0.1) is 48.0 Å². The first-order valence-electron chi connectivity index (χ1n) is 10.5. The molecule has 0 amide bonds. The van der Waals surface area contributed by atoms with Crippen LogP contribution < -0.4 is 0 Å². The maximum absolute atomic E-state index is 4.44. The van der Waals surface area contributed by atoms with E-state index in [1.54, 1.807) is 0 Å². The largest absolute Gasteiger partial charge is 3.00 e. The van der Waals surface area contributed by atoms with Crippen LogP contribution in [-0.2, 0) is 20.1 Å². The van der Waals surface area contributed by atoms with Crippen molar-refractivity contribution in [1.82, 2.24) is 9.97 Å². The van der Waals surface area contributed by atoms with Gasteiger partial charge in [-0.05, 0) is 36.9 Å². The van der Waals surface area contributed by atoms with Crippen LogP contribution in [0, 0.1) is 32.2 Å². The molecule has 0 bridgehead atoms. The van der Waals surface area contributed by atoms with Crippen LogP contribution in [0.5, 0.6) is 0 Å². The van der Waals surface area contributed by atoms with Gasteiger partial charge in [0.2, 0.25) is 0 Å². The topological polar surface area (TPSA) is 25.8 Å². The van der Waals surface area contributed by atoms with Gasteiger partial charge in [-0.1, -0.05) is 48.2 Å².